The summed E-state index contributed by atoms with van der Waals surface area (Å²) >= 11 is 6.22. The van der Waals surface area contributed by atoms with E-state index in [0.29, 0.717) is 4.47 Å². The van der Waals surface area contributed by atoms with Gasteiger partial charge in [0.25, 0.3) is 0 Å². The summed E-state index contributed by atoms with van der Waals surface area (Å²) in [5.41, 5.74) is 0. The van der Waals surface area contributed by atoms with Crippen molar-refractivity contribution in [3.8, 4) is 0 Å². The normalized spacial score (nSPS) is 8.70. The molecule has 1 rings (SSSR count). The summed E-state index contributed by atoms with van der Waals surface area (Å²) in [6.07, 6.45) is 0. The van der Waals surface area contributed by atoms with Crippen LogP contribution in [-0.2, 0) is 12.6 Å². The fraction of sp³-hybridized carbons (Fsp3) is 0. The van der Waals surface area contributed by atoms with Gasteiger partial charge in [-0.15, -0.1) is 0 Å². The maximum Gasteiger partial charge on any atom is 0.153 e. The molecule has 1 aromatic carbocycles. The average Bonchev–Trinajstić information content (AvgIpc) is 1.80. The van der Waals surface area contributed by atoms with E-state index in [1.807, 2.05) is 0 Å². The fourth-order valence-corrected chi connectivity index (χ4v) is 0.953. The van der Waals surface area contributed by atoms with Crippen LogP contribution >= 0.6 is 15.9 Å². The predicted molar refractivity (Wildman–Crippen MR) is 42.5 cm³/mol. The van der Waals surface area contributed by atoms with E-state index in [4.69, 9.17) is 0 Å². The highest BCUT2D eigenvalue weighted by Gasteiger charge is 1.99. The van der Waals surface area contributed by atoms with Crippen molar-refractivity contribution in [1.29, 1.82) is 0 Å². The molecule has 0 bridgehead atoms. The zero-order chi connectivity index (χ0) is 6.85. The third-order valence-electron chi connectivity index (χ3n) is 0.920. The molecule has 0 aliphatic rings. The maximum absolute atomic E-state index is 12.5. The Labute approximate surface area is 78.8 Å². The summed E-state index contributed by atoms with van der Waals surface area (Å²) in [6.45, 7) is 0. The summed E-state index contributed by atoms with van der Waals surface area (Å²) in [5.74, 6) is -0.248. The summed E-state index contributed by atoms with van der Waals surface area (Å²) in [4.78, 5) is 0.746. The van der Waals surface area contributed by atoms with Crippen molar-refractivity contribution in [2.75, 3.05) is 0 Å². The van der Waals surface area contributed by atoms with Crippen molar-refractivity contribution < 1.29 is 16.8 Å². The molecule has 1 aromatic rings. The molecule has 0 heterocycles. The lowest BCUT2D eigenvalue weighted by molar-refractivity contribution is -0.00000222. The van der Waals surface area contributed by atoms with Gasteiger partial charge in [0.15, 0.2) is 4.90 Å². The van der Waals surface area contributed by atoms with Gasteiger partial charge in [-0.25, -0.2) is 4.39 Å². The van der Waals surface area contributed by atoms with Gasteiger partial charge < -0.3 is 12.4 Å². The minimum absolute atomic E-state index is 0. The van der Waals surface area contributed by atoms with E-state index in [0.717, 1.165) is 4.90 Å². The Morgan fingerprint density at radius 3 is 2.40 bits per heavy atom. The Morgan fingerprint density at radius 1 is 1.40 bits per heavy atom. The van der Waals surface area contributed by atoms with Crippen molar-refractivity contribution in [3.63, 3.8) is 0 Å². The SMILES string of the molecule is Fc1cc([SH2+])ccc1Br.[Cl-]. The Bertz CT molecular complexity index is 229. The Hall–Kier alpha value is 0.270. The summed E-state index contributed by atoms with van der Waals surface area (Å²) < 4.78 is 13.0. The number of rotatable bonds is 0. The highest BCUT2D eigenvalue weighted by atomic mass is 79.9. The molecule has 0 spiro atoms. The molecule has 0 aliphatic carbocycles. The van der Waals surface area contributed by atoms with Crippen LogP contribution in [0.25, 0.3) is 0 Å². The van der Waals surface area contributed by atoms with Crippen LogP contribution in [0.2, 0.25) is 0 Å². The van der Waals surface area contributed by atoms with Gasteiger partial charge in [-0.05, 0) is 40.7 Å². The third-order valence-corrected chi connectivity index (χ3v) is 1.87. The van der Waals surface area contributed by atoms with E-state index in [1.165, 1.54) is 6.07 Å². The van der Waals surface area contributed by atoms with E-state index < -0.39 is 0 Å². The minimum Gasteiger partial charge on any atom is -1.00 e. The summed E-state index contributed by atoms with van der Waals surface area (Å²) in [5, 5.41) is 0. The molecule has 10 heavy (non-hydrogen) atoms. The molecule has 0 aliphatic heterocycles. The van der Waals surface area contributed by atoms with Crippen LogP contribution in [0.4, 0.5) is 4.39 Å². The second-order valence-corrected chi connectivity index (χ2v) is 3.06. The zero-order valence-electron chi connectivity index (χ0n) is 4.87. The Kier molecular flexibility index (Phi) is 4.32. The molecule has 0 unspecified atom stereocenters. The van der Waals surface area contributed by atoms with Gasteiger partial charge >= 0.3 is 0 Å². The number of hydrogen-bond donors (Lipinski definition) is 0. The second kappa shape index (κ2) is 4.21. The molecule has 56 valence electrons. The lowest BCUT2D eigenvalue weighted by Crippen LogP contribution is -3.00. The van der Waals surface area contributed by atoms with Gasteiger partial charge in [-0.3, -0.25) is 0 Å². The van der Waals surface area contributed by atoms with Crippen molar-refractivity contribution in [2.45, 2.75) is 4.90 Å². The molecular weight excluding hydrogens is 238 g/mol. The predicted octanol–water partition coefficient (Wildman–Crippen LogP) is -1.04. The number of halogens is 3. The van der Waals surface area contributed by atoms with Crippen LogP contribution in [0, 0.1) is 5.82 Å². The van der Waals surface area contributed by atoms with E-state index in [2.05, 4.69) is 28.6 Å². The van der Waals surface area contributed by atoms with Crippen LogP contribution in [0.15, 0.2) is 27.6 Å². The van der Waals surface area contributed by atoms with Crippen molar-refractivity contribution in [3.05, 3.63) is 28.5 Å². The van der Waals surface area contributed by atoms with Crippen LogP contribution in [-0.4, -0.2) is 0 Å². The monoisotopic (exact) mass is 242 g/mol. The molecule has 0 radical (unpaired) electrons. The Morgan fingerprint density at radius 2 is 2.00 bits per heavy atom. The molecule has 0 amide bonds. The van der Waals surface area contributed by atoms with Crippen molar-refractivity contribution in [1.82, 2.24) is 0 Å². The van der Waals surface area contributed by atoms with Gasteiger partial charge in [0.1, 0.15) is 5.82 Å². The summed E-state index contributed by atoms with van der Waals surface area (Å²) in [6, 6.07) is 4.82. The van der Waals surface area contributed by atoms with Crippen LogP contribution in [0.3, 0.4) is 0 Å². The standard InChI is InChI=1S/C6H4BrFS.ClH/c7-5-2-1-4(9)3-6(5)8;/h1-3,9H;1H. The molecule has 0 saturated carbocycles. The van der Waals surface area contributed by atoms with Gasteiger partial charge in [0, 0.05) is 6.07 Å². The van der Waals surface area contributed by atoms with Gasteiger partial charge in [0.2, 0.25) is 0 Å². The first-order valence-electron chi connectivity index (χ1n) is 2.37. The first-order chi connectivity index (χ1) is 4.20. The quantitative estimate of drug-likeness (QED) is 0.511. The molecule has 4 heteroatoms. The zero-order valence-corrected chi connectivity index (χ0v) is 8.21. The van der Waals surface area contributed by atoms with E-state index in [9.17, 15) is 4.39 Å². The molecule has 0 aromatic heterocycles. The lowest BCUT2D eigenvalue weighted by Gasteiger charge is -1.89. The third kappa shape index (κ3) is 2.48. The first kappa shape index (κ1) is 10.3. The molecule has 0 N–H and O–H groups in total. The Balaban J connectivity index is 0.000000810. The second-order valence-electron chi connectivity index (χ2n) is 1.63. The topological polar surface area (TPSA) is 0 Å². The van der Waals surface area contributed by atoms with E-state index >= 15 is 0 Å². The van der Waals surface area contributed by atoms with Crippen molar-refractivity contribution in [2.24, 2.45) is 0 Å². The number of hydrogen-bond acceptors (Lipinski definition) is 0. The fourth-order valence-electron chi connectivity index (χ4n) is 0.496. The molecule has 0 saturated heterocycles. The molecule has 0 nitrogen and oxygen atoms in total. The highest BCUT2D eigenvalue weighted by molar-refractivity contribution is 9.10. The summed E-state index contributed by atoms with van der Waals surface area (Å²) in [7, 11) is 0. The maximum atomic E-state index is 12.5. The lowest BCUT2D eigenvalue weighted by atomic mass is 10.3. The van der Waals surface area contributed by atoms with Crippen LogP contribution < -0.4 is 12.4 Å². The van der Waals surface area contributed by atoms with Crippen molar-refractivity contribution >= 4 is 28.6 Å². The smallest absolute Gasteiger partial charge is 0.153 e. The van der Waals surface area contributed by atoms with Crippen LogP contribution in [0.5, 0.6) is 0 Å². The van der Waals surface area contributed by atoms with Crippen LogP contribution in [0.1, 0.15) is 0 Å². The van der Waals surface area contributed by atoms with E-state index in [1.54, 1.807) is 12.1 Å². The average molecular weight is 244 g/mol. The molecule has 0 fully saturated rings. The van der Waals surface area contributed by atoms with E-state index in [-0.39, 0.29) is 18.2 Å². The van der Waals surface area contributed by atoms with Gasteiger partial charge in [-0.2, -0.15) is 0 Å². The van der Waals surface area contributed by atoms with Gasteiger partial charge in [-0.1, -0.05) is 0 Å². The highest BCUT2D eigenvalue weighted by Crippen LogP contribution is 2.15. The largest absolute Gasteiger partial charge is 1.00 e. The minimum atomic E-state index is -0.248. The molecule has 0 atom stereocenters. The first-order valence-corrected chi connectivity index (χ1v) is 3.66. The molecular formula is C6H5BrClFS. The number of benzene rings is 1. The van der Waals surface area contributed by atoms with Gasteiger partial charge in [0.05, 0.1) is 4.47 Å².